The monoisotopic (exact) mass is 192 g/mol. The molecule has 13 heavy (non-hydrogen) atoms. The van der Waals surface area contributed by atoms with Gasteiger partial charge in [0.05, 0.1) is 6.61 Å². The average molecular weight is 192 g/mol. The zero-order valence-corrected chi connectivity index (χ0v) is 7.08. The van der Waals surface area contributed by atoms with E-state index in [9.17, 15) is 15.0 Å². The number of esters is 1. The Balaban J connectivity index is 2.70. The molecule has 1 rings (SSSR count). The van der Waals surface area contributed by atoms with E-state index in [2.05, 4.69) is 4.74 Å². The van der Waals surface area contributed by atoms with Gasteiger partial charge in [-0.2, -0.15) is 0 Å². The minimum atomic E-state index is -1.39. The highest BCUT2D eigenvalue weighted by molar-refractivity contribution is 5.77. The Morgan fingerprint density at radius 1 is 1.69 bits per heavy atom. The van der Waals surface area contributed by atoms with Crippen molar-refractivity contribution in [1.82, 2.24) is 0 Å². The first-order valence-corrected chi connectivity index (χ1v) is 3.82. The van der Waals surface area contributed by atoms with Gasteiger partial charge in [-0.3, -0.25) is 0 Å². The van der Waals surface area contributed by atoms with Crippen LogP contribution in [0.4, 0.5) is 0 Å². The van der Waals surface area contributed by atoms with Crippen LogP contribution in [0.1, 0.15) is 0 Å². The van der Waals surface area contributed by atoms with Gasteiger partial charge in [-0.05, 0) is 0 Å². The SMILES string of the molecule is COC1C(O)C(=O)OC1C(O)CO. The third-order valence-electron chi connectivity index (χ3n) is 1.97. The summed E-state index contributed by atoms with van der Waals surface area (Å²) in [6.07, 6.45) is -4.55. The topological polar surface area (TPSA) is 96.2 Å². The number of cyclic esters (lactones) is 1. The number of aliphatic hydroxyl groups excluding tert-OH is 3. The summed E-state index contributed by atoms with van der Waals surface area (Å²) in [4.78, 5) is 10.8. The van der Waals surface area contributed by atoms with Crippen LogP contribution >= 0.6 is 0 Å². The van der Waals surface area contributed by atoms with E-state index in [1.165, 1.54) is 7.11 Å². The third-order valence-corrected chi connectivity index (χ3v) is 1.97. The van der Waals surface area contributed by atoms with Crippen LogP contribution in [-0.2, 0) is 14.3 Å². The third kappa shape index (κ3) is 1.80. The van der Waals surface area contributed by atoms with Gasteiger partial charge in [0.2, 0.25) is 0 Å². The van der Waals surface area contributed by atoms with Crippen molar-refractivity contribution >= 4 is 5.97 Å². The zero-order chi connectivity index (χ0) is 10.0. The Hall–Kier alpha value is -0.690. The lowest BCUT2D eigenvalue weighted by molar-refractivity contribution is -0.151. The first-order chi connectivity index (χ1) is 6.11. The lowest BCUT2D eigenvalue weighted by Crippen LogP contribution is -2.41. The number of hydrogen-bond acceptors (Lipinski definition) is 6. The molecule has 1 aliphatic heterocycles. The quantitative estimate of drug-likeness (QED) is 0.433. The second-order valence-electron chi connectivity index (χ2n) is 2.80. The summed E-state index contributed by atoms with van der Waals surface area (Å²) in [6.45, 7) is -0.551. The van der Waals surface area contributed by atoms with Crippen LogP contribution in [0.15, 0.2) is 0 Å². The molecule has 1 aliphatic rings. The first kappa shape index (κ1) is 10.4. The Morgan fingerprint density at radius 3 is 2.77 bits per heavy atom. The predicted molar refractivity (Wildman–Crippen MR) is 39.8 cm³/mol. The van der Waals surface area contributed by atoms with Crippen molar-refractivity contribution in [1.29, 1.82) is 0 Å². The molecule has 1 heterocycles. The molecule has 1 fully saturated rings. The first-order valence-electron chi connectivity index (χ1n) is 3.82. The van der Waals surface area contributed by atoms with Gasteiger partial charge in [-0.25, -0.2) is 4.79 Å². The Morgan fingerprint density at radius 2 is 2.31 bits per heavy atom. The Labute approximate surface area is 74.7 Å². The number of carbonyl (C=O) groups excluding carboxylic acids is 1. The molecule has 0 bridgehead atoms. The van der Waals surface area contributed by atoms with Gasteiger partial charge in [0.1, 0.15) is 12.2 Å². The fraction of sp³-hybridized carbons (Fsp3) is 0.857. The van der Waals surface area contributed by atoms with Gasteiger partial charge in [0.15, 0.2) is 12.2 Å². The van der Waals surface area contributed by atoms with E-state index in [1.54, 1.807) is 0 Å². The fourth-order valence-corrected chi connectivity index (χ4v) is 1.25. The van der Waals surface area contributed by atoms with E-state index in [-0.39, 0.29) is 0 Å². The molecule has 0 aromatic heterocycles. The smallest absolute Gasteiger partial charge is 0.338 e. The molecule has 4 atom stereocenters. The van der Waals surface area contributed by atoms with Crippen LogP contribution in [0.3, 0.4) is 0 Å². The standard InChI is InChI=1S/C7H12O6/c1-12-6-4(10)7(11)13-5(6)3(9)2-8/h3-6,8-10H,2H2,1H3. The maximum atomic E-state index is 10.8. The van der Waals surface area contributed by atoms with Crippen LogP contribution < -0.4 is 0 Å². The lowest BCUT2D eigenvalue weighted by atomic mass is 10.1. The predicted octanol–water partition coefficient (Wildman–Crippen LogP) is -2.36. The van der Waals surface area contributed by atoms with Crippen molar-refractivity contribution in [3.63, 3.8) is 0 Å². The van der Waals surface area contributed by atoms with Crippen molar-refractivity contribution in [2.45, 2.75) is 24.4 Å². The Bertz CT molecular complexity index is 193. The highest BCUT2D eigenvalue weighted by Gasteiger charge is 2.47. The number of rotatable bonds is 3. The molecular weight excluding hydrogens is 180 g/mol. The summed E-state index contributed by atoms with van der Waals surface area (Å²) < 4.78 is 9.37. The Kier molecular flexibility index (Phi) is 3.21. The summed E-state index contributed by atoms with van der Waals surface area (Å²) in [6, 6.07) is 0. The van der Waals surface area contributed by atoms with Gasteiger partial charge >= 0.3 is 5.97 Å². The normalized spacial score (nSPS) is 36.0. The molecule has 0 saturated carbocycles. The minimum Gasteiger partial charge on any atom is -0.455 e. The van der Waals surface area contributed by atoms with Crippen LogP contribution in [0, 0.1) is 0 Å². The molecular formula is C7H12O6. The maximum Gasteiger partial charge on any atom is 0.338 e. The van der Waals surface area contributed by atoms with E-state index in [0.29, 0.717) is 0 Å². The van der Waals surface area contributed by atoms with Crippen LogP contribution in [0.2, 0.25) is 0 Å². The summed E-state index contributed by atoms with van der Waals surface area (Å²) in [5, 5.41) is 27.0. The highest BCUT2D eigenvalue weighted by atomic mass is 16.6. The molecule has 6 nitrogen and oxygen atoms in total. The van der Waals surface area contributed by atoms with Crippen LogP contribution in [0.25, 0.3) is 0 Å². The average Bonchev–Trinajstić information content (AvgIpc) is 2.42. The van der Waals surface area contributed by atoms with Gasteiger partial charge in [-0.15, -0.1) is 0 Å². The number of carbonyl (C=O) groups is 1. The molecule has 0 spiro atoms. The number of aliphatic hydroxyl groups is 3. The molecule has 0 aromatic carbocycles. The highest BCUT2D eigenvalue weighted by Crippen LogP contribution is 2.21. The molecule has 76 valence electrons. The van der Waals surface area contributed by atoms with Crippen molar-refractivity contribution in [3.8, 4) is 0 Å². The van der Waals surface area contributed by atoms with Crippen molar-refractivity contribution < 1.29 is 29.6 Å². The zero-order valence-electron chi connectivity index (χ0n) is 7.08. The van der Waals surface area contributed by atoms with Gasteiger partial charge < -0.3 is 24.8 Å². The second kappa shape index (κ2) is 4.01. The van der Waals surface area contributed by atoms with E-state index in [4.69, 9.17) is 9.84 Å². The number of methoxy groups -OCH3 is 1. The largest absolute Gasteiger partial charge is 0.455 e. The molecule has 3 N–H and O–H groups in total. The van der Waals surface area contributed by atoms with Gasteiger partial charge in [0, 0.05) is 7.11 Å². The molecule has 1 saturated heterocycles. The molecule has 0 aliphatic carbocycles. The van der Waals surface area contributed by atoms with E-state index in [1.807, 2.05) is 0 Å². The van der Waals surface area contributed by atoms with E-state index in [0.717, 1.165) is 0 Å². The van der Waals surface area contributed by atoms with Crippen molar-refractivity contribution in [3.05, 3.63) is 0 Å². The van der Waals surface area contributed by atoms with E-state index >= 15 is 0 Å². The molecule has 0 radical (unpaired) electrons. The summed E-state index contributed by atoms with van der Waals surface area (Å²) >= 11 is 0. The van der Waals surface area contributed by atoms with E-state index < -0.39 is 37.0 Å². The summed E-state index contributed by atoms with van der Waals surface area (Å²) in [5.41, 5.74) is 0. The molecule has 6 heteroatoms. The van der Waals surface area contributed by atoms with Crippen LogP contribution in [-0.4, -0.2) is 59.4 Å². The maximum absolute atomic E-state index is 10.8. The van der Waals surface area contributed by atoms with Gasteiger partial charge in [-0.1, -0.05) is 0 Å². The summed E-state index contributed by atoms with van der Waals surface area (Å²) in [5.74, 6) is -0.843. The van der Waals surface area contributed by atoms with Crippen LogP contribution in [0.5, 0.6) is 0 Å². The fourth-order valence-electron chi connectivity index (χ4n) is 1.25. The molecule has 0 aromatic rings. The number of ether oxygens (including phenoxy) is 2. The number of hydrogen-bond donors (Lipinski definition) is 3. The molecule has 0 amide bonds. The second-order valence-corrected chi connectivity index (χ2v) is 2.80. The summed E-state index contributed by atoms with van der Waals surface area (Å²) in [7, 11) is 1.28. The molecule has 4 unspecified atom stereocenters. The van der Waals surface area contributed by atoms with Crippen molar-refractivity contribution in [2.75, 3.05) is 13.7 Å². The minimum absolute atomic E-state index is 0.551. The van der Waals surface area contributed by atoms with Gasteiger partial charge in [0.25, 0.3) is 0 Å². The van der Waals surface area contributed by atoms with Crippen molar-refractivity contribution in [2.24, 2.45) is 0 Å². The lowest BCUT2D eigenvalue weighted by Gasteiger charge is -2.20.